The predicted octanol–water partition coefficient (Wildman–Crippen LogP) is 5.53. The van der Waals surface area contributed by atoms with Crippen molar-refractivity contribution in [3.8, 4) is 21.7 Å². The van der Waals surface area contributed by atoms with Gasteiger partial charge in [0.1, 0.15) is 17.5 Å². The van der Waals surface area contributed by atoms with Crippen LogP contribution in [0, 0.1) is 17.5 Å². The molecule has 4 rings (SSSR count). The summed E-state index contributed by atoms with van der Waals surface area (Å²) < 4.78 is 64.1. The Balaban J connectivity index is 1.85. The first kappa shape index (κ1) is 21.9. The van der Waals surface area contributed by atoms with Gasteiger partial charge in [-0.2, -0.15) is 0 Å². The van der Waals surface area contributed by atoms with Gasteiger partial charge in [-0.05, 0) is 54.1 Å². The predicted molar refractivity (Wildman–Crippen MR) is 116 cm³/mol. The lowest BCUT2D eigenvalue weighted by Gasteiger charge is -2.04. The maximum Gasteiger partial charge on any atom is 0.221 e. The Labute approximate surface area is 185 Å². The number of halogens is 3. The largest absolute Gasteiger partial charge is 0.286 e. The smallest absolute Gasteiger partial charge is 0.221 e. The lowest BCUT2D eigenvalue weighted by molar-refractivity contribution is 0.103. The molecular formula is C23H14F3NO3S2. The van der Waals surface area contributed by atoms with Crippen molar-refractivity contribution in [2.24, 2.45) is 0 Å². The molecule has 0 saturated heterocycles. The Hall–Kier alpha value is -3.30. The second-order valence-electron chi connectivity index (χ2n) is 6.99. The second-order valence-corrected chi connectivity index (χ2v) is 10.0. The Kier molecular flexibility index (Phi) is 5.70. The molecule has 0 bridgehead atoms. The maximum absolute atomic E-state index is 13.6. The molecule has 4 aromatic rings. The standard InChI is InChI=1S/C23H14F3NO3S2/c1-32(29,30)19-8-4-14(5-9-19)22-20(13-2-6-16(24)7-3-13)27-23(31-22)21(28)15-10-17(25)12-18(26)11-15/h2-12H,1H3. The monoisotopic (exact) mass is 473 g/mol. The van der Waals surface area contributed by atoms with E-state index in [1.54, 1.807) is 12.1 Å². The second kappa shape index (κ2) is 8.33. The van der Waals surface area contributed by atoms with Crippen LogP contribution in [0.25, 0.3) is 21.7 Å². The molecule has 1 heterocycles. The minimum Gasteiger partial charge on any atom is -0.286 e. The van der Waals surface area contributed by atoms with Gasteiger partial charge in [0.05, 0.1) is 15.5 Å². The molecule has 0 saturated carbocycles. The highest BCUT2D eigenvalue weighted by molar-refractivity contribution is 7.90. The van der Waals surface area contributed by atoms with Gasteiger partial charge in [-0.3, -0.25) is 4.79 Å². The number of hydrogen-bond donors (Lipinski definition) is 0. The number of carbonyl (C=O) groups excluding carboxylic acids is 1. The number of thiazole rings is 1. The summed E-state index contributed by atoms with van der Waals surface area (Å²) in [4.78, 5) is 17.9. The Morgan fingerprint density at radius 3 is 1.94 bits per heavy atom. The van der Waals surface area contributed by atoms with E-state index in [4.69, 9.17) is 0 Å². The molecule has 162 valence electrons. The van der Waals surface area contributed by atoms with Crippen molar-refractivity contribution >= 4 is 27.0 Å². The molecule has 4 nitrogen and oxygen atoms in total. The lowest BCUT2D eigenvalue weighted by atomic mass is 10.1. The first-order valence-electron chi connectivity index (χ1n) is 9.20. The van der Waals surface area contributed by atoms with Gasteiger partial charge in [-0.15, -0.1) is 11.3 Å². The van der Waals surface area contributed by atoms with Crippen LogP contribution in [0.2, 0.25) is 0 Å². The van der Waals surface area contributed by atoms with Gasteiger partial charge in [0.2, 0.25) is 5.78 Å². The molecule has 0 atom stereocenters. The summed E-state index contributed by atoms with van der Waals surface area (Å²) in [7, 11) is -3.40. The fraction of sp³-hybridized carbons (Fsp3) is 0.0435. The number of carbonyl (C=O) groups is 1. The first-order chi connectivity index (χ1) is 15.1. The number of hydrogen-bond acceptors (Lipinski definition) is 5. The Bertz CT molecular complexity index is 1410. The van der Waals surface area contributed by atoms with Crippen molar-refractivity contribution in [2.75, 3.05) is 6.26 Å². The number of ketones is 1. The van der Waals surface area contributed by atoms with Crippen LogP contribution in [0.3, 0.4) is 0 Å². The summed E-state index contributed by atoms with van der Waals surface area (Å²) >= 11 is 0.991. The molecule has 0 N–H and O–H groups in total. The zero-order valence-electron chi connectivity index (χ0n) is 16.5. The molecule has 0 spiro atoms. The van der Waals surface area contributed by atoms with Gasteiger partial charge in [-0.25, -0.2) is 26.6 Å². The zero-order chi connectivity index (χ0) is 23.0. The molecule has 32 heavy (non-hydrogen) atoms. The molecular weight excluding hydrogens is 459 g/mol. The van der Waals surface area contributed by atoms with E-state index < -0.39 is 33.1 Å². The molecule has 3 aromatic carbocycles. The van der Waals surface area contributed by atoms with Crippen LogP contribution < -0.4 is 0 Å². The average Bonchev–Trinajstić information content (AvgIpc) is 3.18. The SMILES string of the molecule is CS(=O)(=O)c1ccc(-c2sc(C(=O)c3cc(F)cc(F)c3)nc2-c2ccc(F)cc2)cc1. The van der Waals surface area contributed by atoms with Gasteiger partial charge < -0.3 is 0 Å². The zero-order valence-corrected chi connectivity index (χ0v) is 18.1. The fourth-order valence-corrected chi connectivity index (χ4v) is 4.76. The van der Waals surface area contributed by atoms with Crippen LogP contribution >= 0.6 is 11.3 Å². The number of benzene rings is 3. The van der Waals surface area contributed by atoms with Gasteiger partial charge >= 0.3 is 0 Å². The van der Waals surface area contributed by atoms with Gasteiger partial charge in [-0.1, -0.05) is 12.1 Å². The molecule has 0 amide bonds. The average molecular weight is 473 g/mol. The minimum atomic E-state index is -3.40. The van der Waals surface area contributed by atoms with Crippen molar-refractivity contribution < 1.29 is 26.4 Å². The van der Waals surface area contributed by atoms with E-state index >= 15 is 0 Å². The van der Waals surface area contributed by atoms with Crippen molar-refractivity contribution in [2.45, 2.75) is 4.90 Å². The number of nitrogens with zero attached hydrogens (tertiary/aromatic N) is 1. The fourth-order valence-electron chi connectivity index (χ4n) is 3.08. The molecule has 0 radical (unpaired) electrons. The van der Waals surface area contributed by atoms with Crippen molar-refractivity contribution in [3.05, 3.63) is 94.8 Å². The van der Waals surface area contributed by atoms with Gasteiger partial charge in [0, 0.05) is 23.4 Å². The number of rotatable bonds is 5. The Morgan fingerprint density at radius 2 is 1.38 bits per heavy atom. The third-order valence-electron chi connectivity index (χ3n) is 4.61. The molecule has 9 heteroatoms. The topological polar surface area (TPSA) is 64.1 Å². The van der Waals surface area contributed by atoms with Crippen LogP contribution in [-0.2, 0) is 9.84 Å². The minimum absolute atomic E-state index is 0.0171. The van der Waals surface area contributed by atoms with Crippen LogP contribution in [0.15, 0.2) is 71.6 Å². The highest BCUT2D eigenvalue weighted by Crippen LogP contribution is 2.38. The Morgan fingerprint density at radius 1 is 0.812 bits per heavy atom. The third-order valence-corrected chi connectivity index (χ3v) is 6.84. The van der Waals surface area contributed by atoms with E-state index in [1.807, 2.05) is 0 Å². The molecule has 0 aliphatic heterocycles. The summed E-state index contributed by atoms with van der Waals surface area (Å²) in [6.45, 7) is 0. The lowest BCUT2D eigenvalue weighted by Crippen LogP contribution is -2.02. The molecule has 0 aliphatic rings. The van der Waals surface area contributed by atoms with E-state index in [0.717, 1.165) is 29.7 Å². The quantitative estimate of drug-likeness (QED) is 0.358. The normalized spacial score (nSPS) is 11.5. The maximum atomic E-state index is 13.6. The van der Waals surface area contributed by atoms with Crippen LogP contribution in [0.4, 0.5) is 13.2 Å². The highest BCUT2D eigenvalue weighted by atomic mass is 32.2. The summed E-state index contributed by atoms with van der Waals surface area (Å²) in [6, 6.07) is 14.0. The summed E-state index contributed by atoms with van der Waals surface area (Å²) in [6.07, 6.45) is 1.09. The van der Waals surface area contributed by atoms with Crippen LogP contribution in [0.1, 0.15) is 15.4 Å². The summed E-state index contributed by atoms with van der Waals surface area (Å²) in [5, 5.41) is -0.0171. The van der Waals surface area contributed by atoms with Crippen LogP contribution in [0.5, 0.6) is 0 Å². The van der Waals surface area contributed by atoms with E-state index in [9.17, 15) is 26.4 Å². The molecule has 0 unspecified atom stereocenters. The molecule has 0 aliphatic carbocycles. The highest BCUT2D eigenvalue weighted by Gasteiger charge is 2.22. The van der Waals surface area contributed by atoms with E-state index in [1.165, 1.54) is 36.4 Å². The third kappa shape index (κ3) is 4.49. The molecule has 0 fully saturated rings. The van der Waals surface area contributed by atoms with Crippen molar-refractivity contribution in [1.82, 2.24) is 4.98 Å². The summed E-state index contributed by atoms with van der Waals surface area (Å²) in [5.41, 5.74) is 1.27. The van der Waals surface area contributed by atoms with E-state index in [0.29, 0.717) is 27.8 Å². The van der Waals surface area contributed by atoms with E-state index in [-0.39, 0.29) is 15.5 Å². The van der Waals surface area contributed by atoms with Crippen molar-refractivity contribution in [3.63, 3.8) is 0 Å². The number of sulfone groups is 1. The first-order valence-corrected chi connectivity index (χ1v) is 11.9. The summed E-state index contributed by atoms with van der Waals surface area (Å²) in [5.74, 6) is -2.90. The van der Waals surface area contributed by atoms with Crippen LogP contribution in [-0.4, -0.2) is 25.4 Å². The van der Waals surface area contributed by atoms with Crippen molar-refractivity contribution in [1.29, 1.82) is 0 Å². The van der Waals surface area contributed by atoms with Gasteiger partial charge in [0.25, 0.3) is 0 Å². The van der Waals surface area contributed by atoms with Gasteiger partial charge in [0.15, 0.2) is 14.8 Å². The van der Waals surface area contributed by atoms with E-state index in [2.05, 4.69) is 4.98 Å². The number of aromatic nitrogens is 1. The molecule has 1 aromatic heterocycles.